The molecule has 0 unspecified atom stereocenters. The van der Waals surface area contributed by atoms with E-state index in [0.29, 0.717) is 5.76 Å². The highest BCUT2D eigenvalue weighted by atomic mass is 16.4. The maximum Gasteiger partial charge on any atom is 0.358 e. The van der Waals surface area contributed by atoms with Crippen molar-refractivity contribution in [3.63, 3.8) is 0 Å². The number of rotatable bonds is 5. The van der Waals surface area contributed by atoms with E-state index in [9.17, 15) is 9.59 Å². The summed E-state index contributed by atoms with van der Waals surface area (Å²) in [4.78, 5) is 22.9. The summed E-state index contributed by atoms with van der Waals surface area (Å²) >= 11 is 0. The van der Waals surface area contributed by atoms with E-state index in [-0.39, 0.29) is 24.2 Å². The van der Waals surface area contributed by atoms with Crippen molar-refractivity contribution in [2.45, 2.75) is 26.4 Å². The molecule has 2 heterocycles. The van der Waals surface area contributed by atoms with Crippen LogP contribution in [-0.4, -0.2) is 32.0 Å². The minimum Gasteiger partial charge on any atom is -0.476 e. The predicted molar refractivity (Wildman–Crippen MR) is 84.5 cm³/mol. The fourth-order valence-corrected chi connectivity index (χ4v) is 2.58. The molecule has 0 spiro atoms. The van der Waals surface area contributed by atoms with Crippen LogP contribution in [0.2, 0.25) is 0 Å². The van der Waals surface area contributed by atoms with E-state index in [0.717, 1.165) is 16.5 Å². The molecule has 1 atom stereocenters. The molecule has 0 aliphatic rings. The molecule has 0 saturated heterocycles. The number of para-hydroxylation sites is 1. The normalized spacial score (nSPS) is 12.2. The number of aryl methyl sites for hydroxylation is 1. The third-order valence-corrected chi connectivity index (χ3v) is 3.71. The molecule has 1 aromatic carbocycles. The van der Waals surface area contributed by atoms with Crippen LogP contribution in [-0.2, 0) is 11.3 Å². The number of aromatic carboxylic acids is 1. The number of carbonyl (C=O) groups excluding carboxylic acids is 1. The number of carboxylic acids is 1. The SMILES string of the molecule is Cc1c([C@H](C)NC(=O)Cn2cc(C(=O)O)nn2)oc2ccccc12. The van der Waals surface area contributed by atoms with Gasteiger partial charge in [0.25, 0.3) is 0 Å². The second-order valence-electron chi connectivity index (χ2n) is 5.48. The number of aromatic nitrogens is 3. The van der Waals surface area contributed by atoms with Crippen molar-refractivity contribution in [2.24, 2.45) is 0 Å². The predicted octanol–water partition coefficient (Wildman–Crippen LogP) is 1.91. The molecule has 0 aliphatic heterocycles. The summed E-state index contributed by atoms with van der Waals surface area (Å²) in [5.74, 6) is -0.813. The number of hydrogen-bond donors (Lipinski definition) is 2. The van der Waals surface area contributed by atoms with Crippen LogP contribution in [0.3, 0.4) is 0 Å². The number of nitrogens with one attached hydrogen (secondary N) is 1. The molecule has 8 heteroatoms. The van der Waals surface area contributed by atoms with Crippen molar-refractivity contribution in [3.8, 4) is 0 Å². The first-order valence-electron chi connectivity index (χ1n) is 7.36. The molecule has 3 aromatic rings. The largest absolute Gasteiger partial charge is 0.476 e. The van der Waals surface area contributed by atoms with Crippen molar-refractivity contribution in [2.75, 3.05) is 0 Å². The molecule has 3 rings (SSSR count). The van der Waals surface area contributed by atoms with Gasteiger partial charge in [-0.05, 0) is 19.9 Å². The summed E-state index contributed by atoms with van der Waals surface area (Å²) < 4.78 is 7.00. The topological polar surface area (TPSA) is 110 Å². The Balaban J connectivity index is 1.70. The summed E-state index contributed by atoms with van der Waals surface area (Å²) in [7, 11) is 0. The fourth-order valence-electron chi connectivity index (χ4n) is 2.58. The number of benzene rings is 1. The van der Waals surface area contributed by atoms with Crippen LogP contribution < -0.4 is 5.32 Å². The molecule has 24 heavy (non-hydrogen) atoms. The number of furan rings is 1. The van der Waals surface area contributed by atoms with E-state index in [2.05, 4.69) is 15.6 Å². The maximum absolute atomic E-state index is 12.1. The molecule has 2 aromatic heterocycles. The Morgan fingerprint density at radius 3 is 2.79 bits per heavy atom. The Labute approximate surface area is 137 Å². The highest BCUT2D eigenvalue weighted by molar-refractivity contribution is 5.85. The molecule has 0 bridgehead atoms. The number of amides is 1. The third-order valence-electron chi connectivity index (χ3n) is 3.71. The zero-order chi connectivity index (χ0) is 17.3. The summed E-state index contributed by atoms with van der Waals surface area (Å²) in [6.07, 6.45) is 1.21. The number of nitrogens with zero attached hydrogens (tertiary/aromatic N) is 3. The van der Waals surface area contributed by atoms with Crippen molar-refractivity contribution in [1.29, 1.82) is 0 Å². The first-order valence-corrected chi connectivity index (χ1v) is 7.36. The van der Waals surface area contributed by atoms with Crippen LogP contribution in [0, 0.1) is 6.92 Å². The Kier molecular flexibility index (Phi) is 4.03. The van der Waals surface area contributed by atoms with E-state index < -0.39 is 5.97 Å². The average molecular weight is 328 g/mol. The van der Waals surface area contributed by atoms with Crippen LogP contribution in [0.25, 0.3) is 11.0 Å². The molecular weight excluding hydrogens is 312 g/mol. The van der Waals surface area contributed by atoms with Gasteiger partial charge in [-0.1, -0.05) is 23.4 Å². The molecule has 0 fully saturated rings. The number of carbonyl (C=O) groups is 2. The van der Waals surface area contributed by atoms with Gasteiger partial charge >= 0.3 is 5.97 Å². The Hall–Kier alpha value is -3.16. The monoisotopic (exact) mass is 328 g/mol. The van der Waals surface area contributed by atoms with Gasteiger partial charge in [0.2, 0.25) is 5.91 Å². The van der Waals surface area contributed by atoms with Crippen LogP contribution in [0.1, 0.15) is 34.8 Å². The van der Waals surface area contributed by atoms with Gasteiger partial charge in [-0.2, -0.15) is 0 Å². The van der Waals surface area contributed by atoms with Gasteiger partial charge in [0.05, 0.1) is 12.2 Å². The molecule has 2 N–H and O–H groups in total. The molecule has 1 amide bonds. The molecule has 124 valence electrons. The fraction of sp³-hybridized carbons (Fsp3) is 0.250. The van der Waals surface area contributed by atoms with E-state index in [4.69, 9.17) is 9.52 Å². The molecule has 0 aliphatic carbocycles. The Morgan fingerprint density at radius 1 is 1.38 bits per heavy atom. The zero-order valence-corrected chi connectivity index (χ0v) is 13.2. The number of fused-ring (bicyclic) bond motifs is 1. The van der Waals surface area contributed by atoms with Crippen molar-refractivity contribution >= 4 is 22.8 Å². The first kappa shape index (κ1) is 15.7. The van der Waals surface area contributed by atoms with Gasteiger partial charge in [-0.15, -0.1) is 5.10 Å². The van der Waals surface area contributed by atoms with Crippen molar-refractivity contribution in [1.82, 2.24) is 20.3 Å². The second-order valence-corrected chi connectivity index (χ2v) is 5.48. The van der Waals surface area contributed by atoms with Gasteiger partial charge in [0, 0.05) is 10.9 Å². The van der Waals surface area contributed by atoms with Gasteiger partial charge < -0.3 is 14.8 Å². The summed E-state index contributed by atoms with van der Waals surface area (Å²) in [6, 6.07) is 7.34. The molecular formula is C16H16N4O4. The minimum atomic E-state index is -1.19. The number of carboxylic acid groups (broad SMARTS) is 1. The highest BCUT2D eigenvalue weighted by Gasteiger charge is 2.19. The van der Waals surface area contributed by atoms with Crippen molar-refractivity contribution < 1.29 is 19.1 Å². The van der Waals surface area contributed by atoms with E-state index >= 15 is 0 Å². The van der Waals surface area contributed by atoms with Crippen LogP contribution >= 0.6 is 0 Å². The quantitative estimate of drug-likeness (QED) is 0.740. The lowest BCUT2D eigenvalue weighted by Crippen LogP contribution is -2.30. The van der Waals surface area contributed by atoms with Gasteiger partial charge in [0.15, 0.2) is 5.69 Å². The molecule has 8 nitrogen and oxygen atoms in total. The summed E-state index contributed by atoms with van der Waals surface area (Å²) in [5.41, 5.74) is 1.55. The number of hydrogen-bond acceptors (Lipinski definition) is 5. The Morgan fingerprint density at radius 2 is 2.12 bits per heavy atom. The van der Waals surface area contributed by atoms with Crippen LogP contribution in [0.15, 0.2) is 34.9 Å². The molecule has 0 saturated carbocycles. The van der Waals surface area contributed by atoms with Crippen LogP contribution in [0.4, 0.5) is 0 Å². The van der Waals surface area contributed by atoms with E-state index in [1.165, 1.54) is 10.9 Å². The van der Waals surface area contributed by atoms with Crippen LogP contribution in [0.5, 0.6) is 0 Å². The average Bonchev–Trinajstić information content (AvgIpc) is 3.13. The van der Waals surface area contributed by atoms with E-state index in [1.807, 2.05) is 38.1 Å². The lowest BCUT2D eigenvalue weighted by molar-refractivity contribution is -0.122. The summed E-state index contributed by atoms with van der Waals surface area (Å²) in [5, 5.41) is 19.7. The summed E-state index contributed by atoms with van der Waals surface area (Å²) in [6.45, 7) is 3.65. The minimum absolute atomic E-state index is 0.121. The maximum atomic E-state index is 12.1. The van der Waals surface area contributed by atoms with Gasteiger partial charge in [0.1, 0.15) is 17.9 Å². The standard InChI is InChI=1S/C16H16N4O4/c1-9-11-5-3-4-6-13(11)24-15(9)10(2)17-14(21)8-20-7-12(16(22)23)18-19-20/h3-7,10H,8H2,1-2H3,(H,17,21)(H,22,23)/t10-/m0/s1. The first-order chi connectivity index (χ1) is 11.5. The smallest absolute Gasteiger partial charge is 0.358 e. The highest BCUT2D eigenvalue weighted by Crippen LogP contribution is 2.29. The second kappa shape index (κ2) is 6.15. The lowest BCUT2D eigenvalue weighted by atomic mass is 10.1. The van der Waals surface area contributed by atoms with Crippen molar-refractivity contribution in [3.05, 3.63) is 47.5 Å². The third kappa shape index (κ3) is 2.98. The van der Waals surface area contributed by atoms with Gasteiger partial charge in [-0.3, -0.25) is 4.79 Å². The lowest BCUT2D eigenvalue weighted by Gasteiger charge is -2.12. The Bertz CT molecular complexity index is 912. The molecule has 0 radical (unpaired) electrons. The zero-order valence-electron chi connectivity index (χ0n) is 13.2. The van der Waals surface area contributed by atoms with E-state index in [1.54, 1.807) is 0 Å². The van der Waals surface area contributed by atoms with Gasteiger partial charge in [-0.25, -0.2) is 9.48 Å².